The van der Waals surface area contributed by atoms with E-state index in [0.29, 0.717) is 37.2 Å². The number of hydrogen-bond donors (Lipinski definition) is 3. The number of carbonyl (C=O) groups is 2. The summed E-state index contributed by atoms with van der Waals surface area (Å²) in [5.74, 6) is -0.367. The monoisotopic (exact) mass is 585 g/mol. The first-order chi connectivity index (χ1) is 20.4. The van der Waals surface area contributed by atoms with Gasteiger partial charge in [0.05, 0.1) is 24.4 Å². The Bertz CT molecular complexity index is 1470. The summed E-state index contributed by atoms with van der Waals surface area (Å²) in [6.07, 6.45) is 5.33. The van der Waals surface area contributed by atoms with Gasteiger partial charge >= 0.3 is 0 Å². The van der Waals surface area contributed by atoms with Crippen molar-refractivity contribution in [2.75, 3.05) is 13.1 Å². The van der Waals surface area contributed by atoms with E-state index < -0.39 is 12.1 Å². The highest BCUT2D eigenvalue weighted by Crippen LogP contribution is 2.35. The number of nitrogens with one attached hydrogen (secondary N) is 2. The number of aliphatic hydroxyl groups is 1. The minimum Gasteiger partial charge on any atom is -0.390 e. The van der Waals surface area contributed by atoms with E-state index in [4.69, 9.17) is 0 Å². The summed E-state index contributed by atoms with van der Waals surface area (Å²) < 4.78 is 1.86. The van der Waals surface area contributed by atoms with Gasteiger partial charge in [-0.05, 0) is 73.9 Å². The number of aryl methyl sites for hydroxylation is 2. The number of hydrogen-bond acceptors (Lipinski definition) is 6. The molecule has 2 aromatic carbocycles. The number of likely N-dealkylation sites (tertiary alicyclic amines) is 1. The van der Waals surface area contributed by atoms with E-state index in [2.05, 4.69) is 21.8 Å². The van der Waals surface area contributed by atoms with Crippen molar-refractivity contribution in [1.82, 2.24) is 25.3 Å². The van der Waals surface area contributed by atoms with Crippen LogP contribution < -0.4 is 10.6 Å². The zero-order valence-electron chi connectivity index (χ0n) is 24.2. The van der Waals surface area contributed by atoms with Crippen molar-refractivity contribution in [3.8, 4) is 0 Å². The molecule has 42 heavy (non-hydrogen) atoms. The average molecular weight is 586 g/mol. The number of rotatable bonds is 12. The summed E-state index contributed by atoms with van der Waals surface area (Å²) in [5.41, 5.74) is 3.81. The zero-order valence-corrected chi connectivity index (χ0v) is 25.0. The third kappa shape index (κ3) is 7.34. The summed E-state index contributed by atoms with van der Waals surface area (Å²) in [7, 11) is 0. The summed E-state index contributed by atoms with van der Waals surface area (Å²) in [5, 5.41) is 23.9. The maximum Gasteiger partial charge on any atom is 0.254 e. The number of benzene rings is 2. The number of aliphatic hydroxyl groups excluding tert-OH is 1. The van der Waals surface area contributed by atoms with Crippen molar-refractivity contribution in [1.29, 1.82) is 0 Å². The van der Waals surface area contributed by atoms with Crippen molar-refractivity contribution < 1.29 is 14.7 Å². The van der Waals surface area contributed by atoms with Gasteiger partial charge in [0, 0.05) is 53.9 Å². The fraction of sp³-hybridized carbons (Fsp3) is 0.364. The molecule has 0 bridgehead atoms. The Hall–Kier alpha value is -3.79. The molecule has 2 amide bonds. The van der Waals surface area contributed by atoms with Crippen molar-refractivity contribution in [3.05, 3.63) is 111 Å². The van der Waals surface area contributed by atoms with Crippen LogP contribution in [0.2, 0.25) is 0 Å². The molecule has 0 spiro atoms. The van der Waals surface area contributed by atoms with Gasteiger partial charge in [-0.3, -0.25) is 14.3 Å². The molecule has 5 rings (SSSR count). The highest BCUT2D eigenvalue weighted by molar-refractivity contribution is 7.10. The molecular weight excluding hydrogens is 546 g/mol. The highest BCUT2D eigenvalue weighted by atomic mass is 32.1. The van der Waals surface area contributed by atoms with Crippen LogP contribution >= 0.6 is 11.3 Å². The van der Waals surface area contributed by atoms with Crippen LogP contribution in [0, 0.1) is 6.92 Å². The van der Waals surface area contributed by atoms with Gasteiger partial charge in [0.1, 0.15) is 0 Å². The number of carbonyl (C=O) groups excluding carboxylic acids is 2. The molecule has 1 unspecified atom stereocenters. The van der Waals surface area contributed by atoms with Crippen LogP contribution in [-0.2, 0) is 19.5 Å². The second-order valence-corrected chi connectivity index (χ2v) is 11.9. The van der Waals surface area contributed by atoms with E-state index in [1.807, 2.05) is 83.7 Å². The lowest BCUT2D eigenvalue weighted by atomic mass is 9.99. The van der Waals surface area contributed by atoms with Crippen LogP contribution in [0.3, 0.4) is 0 Å². The minimum absolute atomic E-state index is 0.0554. The number of amides is 2. The molecule has 3 N–H and O–H groups in total. The maximum atomic E-state index is 13.7. The molecule has 1 saturated heterocycles. The van der Waals surface area contributed by atoms with Crippen LogP contribution in [0.4, 0.5) is 0 Å². The molecule has 0 saturated carbocycles. The molecule has 1 aliphatic rings. The summed E-state index contributed by atoms with van der Waals surface area (Å²) in [6.45, 7) is 6.30. The van der Waals surface area contributed by atoms with Gasteiger partial charge in [-0.1, -0.05) is 36.4 Å². The Labute approximate surface area is 251 Å². The topological polar surface area (TPSA) is 99.5 Å². The number of aromatic nitrogens is 2. The van der Waals surface area contributed by atoms with E-state index in [1.54, 1.807) is 23.5 Å². The van der Waals surface area contributed by atoms with E-state index >= 15 is 0 Å². The third-order valence-corrected chi connectivity index (χ3v) is 8.72. The molecule has 3 heterocycles. The molecule has 8 nitrogen and oxygen atoms in total. The van der Waals surface area contributed by atoms with Crippen molar-refractivity contribution >= 4 is 23.2 Å². The van der Waals surface area contributed by atoms with Crippen LogP contribution in [-0.4, -0.2) is 56.8 Å². The second-order valence-electron chi connectivity index (χ2n) is 10.9. The molecule has 1 fully saturated rings. The lowest BCUT2D eigenvalue weighted by Crippen LogP contribution is -2.48. The van der Waals surface area contributed by atoms with E-state index in [-0.39, 0.29) is 17.9 Å². The van der Waals surface area contributed by atoms with Gasteiger partial charge in [-0.25, -0.2) is 0 Å². The van der Waals surface area contributed by atoms with E-state index in [1.165, 1.54) is 4.88 Å². The molecular formula is C33H39N5O3S. The van der Waals surface area contributed by atoms with Gasteiger partial charge < -0.3 is 20.6 Å². The normalized spacial score (nSPS) is 16.4. The predicted octanol–water partition coefficient (Wildman–Crippen LogP) is 4.74. The molecule has 220 valence electrons. The van der Waals surface area contributed by atoms with Gasteiger partial charge in [0.2, 0.25) is 0 Å². The van der Waals surface area contributed by atoms with Gasteiger partial charge in [0.25, 0.3) is 11.8 Å². The van der Waals surface area contributed by atoms with Gasteiger partial charge in [-0.15, -0.1) is 11.3 Å². The largest absolute Gasteiger partial charge is 0.390 e. The fourth-order valence-corrected chi connectivity index (χ4v) is 6.44. The highest BCUT2D eigenvalue weighted by Gasteiger charge is 2.32. The maximum absolute atomic E-state index is 13.7. The quantitative estimate of drug-likeness (QED) is 0.223. The van der Waals surface area contributed by atoms with Crippen LogP contribution in [0.5, 0.6) is 0 Å². The average Bonchev–Trinajstić information content (AvgIpc) is 3.78. The Morgan fingerprint density at radius 2 is 1.90 bits per heavy atom. The van der Waals surface area contributed by atoms with E-state index in [0.717, 1.165) is 36.1 Å². The van der Waals surface area contributed by atoms with Crippen molar-refractivity contribution in [2.45, 2.75) is 64.4 Å². The molecule has 3 atom stereocenters. The SMILES string of the molecule is CCn1cc(CNC[C@H](O)[C@H](Cc2ccccc2)NC(=O)c2cc(C)cc(C(=O)N3CCCC3c3cccs3)c2)cn1. The Morgan fingerprint density at radius 1 is 1.10 bits per heavy atom. The van der Waals surface area contributed by atoms with Crippen molar-refractivity contribution in [3.63, 3.8) is 0 Å². The molecule has 1 aliphatic heterocycles. The Morgan fingerprint density at radius 3 is 2.64 bits per heavy atom. The fourth-order valence-electron chi connectivity index (χ4n) is 5.57. The third-order valence-electron chi connectivity index (χ3n) is 7.74. The van der Waals surface area contributed by atoms with Gasteiger partial charge in [0.15, 0.2) is 0 Å². The van der Waals surface area contributed by atoms with Gasteiger partial charge in [-0.2, -0.15) is 5.10 Å². The first-order valence-electron chi connectivity index (χ1n) is 14.6. The molecule has 9 heteroatoms. The number of nitrogens with zero attached hydrogens (tertiary/aromatic N) is 3. The van der Waals surface area contributed by atoms with Crippen LogP contribution in [0.1, 0.15) is 68.1 Å². The zero-order chi connectivity index (χ0) is 29.5. The minimum atomic E-state index is -0.836. The van der Waals surface area contributed by atoms with Crippen LogP contribution in [0.15, 0.2) is 78.4 Å². The number of thiophene rings is 1. The Kier molecular flexibility index (Phi) is 9.84. The smallest absolute Gasteiger partial charge is 0.254 e. The Balaban J connectivity index is 1.29. The molecule has 0 aliphatic carbocycles. The standard InChI is InChI=1S/C33H39N5O3S/c1-3-37-22-25(20-35-37)19-34-21-30(39)28(17-24-9-5-4-6-10-24)36-32(40)26-15-23(2)16-27(18-26)33(41)38-13-7-11-29(38)31-12-8-14-42-31/h4-6,8-10,12,14-16,18,20,22,28-30,34,39H,3,7,11,13,17,19,21H2,1-2H3,(H,36,40)/t28-,29?,30-/m0/s1. The molecule has 0 radical (unpaired) electrons. The lowest BCUT2D eigenvalue weighted by molar-refractivity contribution is 0.0737. The first-order valence-corrected chi connectivity index (χ1v) is 15.5. The predicted molar refractivity (Wildman–Crippen MR) is 166 cm³/mol. The summed E-state index contributed by atoms with van der Waals surface area (Å²) in [4.78, 5) is 30.4. The lowest BCUT2D eigenvalue weighted by Gasteiger charge is -2.26. The van der Waals surface area contributed by atoms with Crippen molar-refractivity contribution in [2.24, 2.45) is 0 Å². The molecule has 4 aromatic rings. The van der Waals surface area contributed by atoms with E-state index in [9.17, 15) is 14.7 Å². The molecule has 2 aromatic heterocycles. The second kappa shape index (κ2) is 13.9. The van der Waals surface area contributed by atoms with Crippen LogP contribution in [0.25, 0.3) is 0 Å². The summed E-state index contributed by atoms with van der Waals surface area (Å²) >= 11 is 1.67. The summed E-state index contributed by atoms with van der Waals surface area (Å²) in [6, 6.07) is 18.8. The first kappa shape index (κ1) is 29.7.